The summed E-state index contributed by atoms with van der Waals surface area (Å²) in [4.78, 5) is 18.0. The minimum absolute atomic E-state index is 0.111. The van der Waals surface area contributed by atoms with E-state index < -0.39 is 15.9 Å². The molecule has 8 nitrogen and oxygen atoms in total. The van der Waals surface area contributed by atoms with E-state index in [0.717, 1.165) is 17.5 Å². The second-order valence-electron chi connectivity index (χ2n) is 8.20. The number of imidazole rings is 1. The molecule has 34 heavy (non-hydrogen) atoms. The number of para-hydroxylation sites is 2. The van der Waals surface area contributed by atoms with Crippen molar-refractivity contribution < 1.29 is 17.6 Å². The van der Waals surface area contributed by atoms with Crippen LogP contribution in [0.25, 0.3) is 11.0 Å². The van der Waals surface area contributed by atoms with Crippen molar-refractivity contribution in [3.8, 4) is 0 Å². The Bertz CT molecular complexity index is 1490. The normalized spacial score (nSPS) is 16.2. The molecule has 1 atom stereocenters. The topological polar surface area (TPSA) is 97.8 Å². The van der Waals surface area contributed by atoms with Gasteiger partial charge in [0.15, 0.2) is 9.84 Å². The molecule has 0 saturated carbocycles. The van der Waals surface area contributed by atoms with Gasteiger partial charge < -0.3 is 8.98 Å². The summed E-state index contributed by atoms with van der Waals surface area (Å²) in [7, 11) is -3.36. The van der Waals surface area contributed by atoms with Crippen LogP contribution in [0.15, 0.2) is 76.4 Å². The Morgan fingerprint density at radius 3 is 2.59 bits per heavy atom. The molecule has 0 aliphatic carbocycles. The molecule has 4 aromatic rings. The van der Waals surface area contributed by atoms with Crippen molar-refractivity contribution in [2.45, 2.75) is 24.8 Å². The zero-order valence-corrected chi connectivity index (χ0v) is 19.8. The molecule has 2 aromatic heterocycles. The molecule has 0 fully saturated rings. The number of benzene rings is 2. The van der Waals surface area contributed by atoms with Gasteiger partial charge in [-0.15, -0.1) is 0 Å². The molecule has 0 bridgehead atoms. The summed E-state index contributed by atoms with van der Waals surface area (Å²) in [6, 6.07) is 17.7. The molecule has 1 amide bonds. The summed E-state index contributed by atoms with van der Waals surface area (Å²) < 4.78 is 31.3. The van der Waals surface area contributed by atoms with Crippen molar-refractivity contribution in [1.29, 1.82) is 0 Å². The Balaban J connectivity index is 1.52. The molecule has 0 spiro atoms. The first kappa shape index (κ1) is 22.4. The maximum Gasteiger partial charge on any atom is 0.263 e. The van der Waals surface area contributed by atoms with Gasteiger partial charge in [0, 0.05) is 17.7 Å². The van der Waals surface area contributed by atoms with E-state index in [1.165, 1.54) is 5.01 Å². The minimum atomic E-state index is -3.36. The van der Waals surface area contributed by atoms with Crippen LogP contribution in [0.1, 0.15) is 29.6 Å². The van der Waals surface area contributed by atoms with Crippen molar-refractivity contribution in [2.75, 3.05) is 6.26 Å². The molecule has 5 rings (SSSR count). The largest absolute Gasteiger partial charge is 0.467 e. The molecular formula is C24H21ClN4O4S. The van der Waals surface area contributed by atoms with Crippen LogP contribution >= 0.6 is 11.6 Å². The van der Waals surface area contributed by atoms with Crippen LogP contribution < -0.4 is 0 Å². The lowest BCUT2D eigenvalue weighted by Gasteiger charge is -2.20. The zero-order valence-electron chi connectivity index (χ0n) is 18.3. The van der Waals surface area contributed by atoms with Crippen molar-refractivity contribution in [1.82, 2.24) is 14.6 Å². The average Bonchev–Trinajstić information content (AvgIpc) is 3.52. The lowest BCUT2D eigenvalue weighted by atomic mass is 10.0. The van der Waals surface area contributed by atoms with E-state index in [0.29, 0.717) is 34.1 Å². The highest BCUT2D eigenvalue weighted by atomic mass is 35.5. The second kappa shape index (κ2) is 8.73. The van der Waals surface area contributed by atoms with E-state index in [1.807, 2.05) is 36.4 Å². The van der Waals surface area contributed by atoms with Gasteiger partial charge in [-0.3, -0.25) is 4.79 Å². The van der Waals surface area contributed by atoms with E-state index in [1.54, 1.807) is 35.1 Å². The summed E-state index contributed by atoms with van der Waals surface area (Å²) >= 11 is 6.02. The van der Waals surface area contributed by atoms with E-state index in [-0.39, 0.29) is 18.2 Å². The molecule has 174 valence electrons. The Morgan fingerprint density at radius 2 is 1.88 bits per heavy atom. The number of carbonyl (C=O) groups excluding carboxylic acids is 1. The lowest BCUT2D eigenvalue weighted by molar-refractivity contribution is -0.134. The van der Waals surface area contributed by atoms with Crippen molar-refractivity contribution >= 4 is 44.1 Å². The molecule has 3 heterocycles. The number of amides is 1. The third kappa shape index (κ3) is 4.49. The predicted octanol–water partition coefficient (Wildman–Crippen LogP) is 4.21. The highest BCUT2D eigenvalue weighted by Crippen LogP contribution is 2.34. The first-order valence-electron chi connectivity index (χ1n) is 10.6. The van der Waals surface area contributed by atoms with Gasteiger partial charge in [-0.05, 0) is 42.0 Å². The molecule has 0 saturated heterocycles. The number of carbonyl (C=O) groups is 1. The van der Waals surface area contributed by atoms with Crippen LogP contribution in [0.2, 0.25) is 5.02 Å². The maximum atomic E-state index is 13.6. The van der Waals surface area contributed by atoms with Gasteiger partial charge in [-0.2, -0.15) is 5.10 Å². The number of aromatic nitrogens is 2. The van der Waals surface area contributed by atoms with Crippen LogP contribution in [0.5, 0.6) is 0 Å². The van der Waals surface area contributed by atoms with Gasteiger partial charge in [0.05, 0.1) is 23.0 Å². The number of halogens is 1. The quantitative estimate of drug-likeness (QED) is 0.398. The first-order chi connectivity index (χ1) is 16.3. The number of fused-ring (bicyclic) bond motifs is 1. The summed E-state index contributed by atoms with van der Waals surface area (Å²) in [6.07, 6.45) is 3.18. The Morgan fingerprint density at radius 1 is 1.12 bits per heavy atom. The summed E-state index contributed by atoms with van der Waals surface area (Å²) in [6.45, 7) is -0.111. The van der Waals surface area contributed by atoms with Crippen molar-refractivity contribution in [3.05, 3.63) is 89.1 Å². The van der Waals surface area contributed by atoms with Crippen LogP contribution in [0, 0.1) is 0 Å². The third-order valence-electron chi connectivity index (χ3n) is 5.63. The standard InChI is InChI=1S/C24H21ClN4O4S/c1-34(31,32)15-23-26-18-5-2-3-6-20(18)28(23)14-24(30)29-21(22-7-4-12-33-22)13-19(27-29)16-8-10-17(25)11-9-16/h2-12,21H,13-15H2,1H3. The highest BCUT2D eigenvalue weighted by Gasteiger charge is 2.35. The van der Waals surface area contributed by atoms with E-state index >= 15 is 0 Å². The first-order valence-corrected chi connectivity index (χ1v) is 13.0. The van der Waals surface area contributed by atoms with Crippen molar-refractivity contribution in [2.24, 2.45) is 5.10 Å². The van der Waals surface area contributed by atoms with Gasteiger partial charge in [-0.1, -0.05) is 35.9 Å². The fraction of sp³-hybridized carbons (Fsp3) is 0.208. The van der Waals surface area contributed by atoms with Crippen LogP contribution in [0.3, 0.4) is 0 Å². The van der Waals surface area contributed by atoms with E-state index in [2.05, 4.69) is 10.1 Å². The van der Waals surface area contributed by atoms with E-state index in [9.17, 15) is 13.2 Å². The fourth-order valence-electron chi connectivity index (χ4n) is 4.11. The summed E-state index contributed by atoms with van der Waals surface area (Å²) in [5, 5.41) is 6.67. The number of rotatable bonds is 6. The number of hydrogen-bond acceptors (Lipinski definition) is 6. The Labute approximate surface area is 201 Å². The van der Waals surface area contributed by atoms with Gasteiger partial charge in [0.25, 0.3) is 5.91 Å². The number of sulfone groups is 1. The summed E-state index contributed by atoms with van der Waals surface area (Å²) in [5.74, 6) is 0.361. The third-order valence-corrected chi connectivity index (χ3v) is 6.67. The molecule has 0 radical (unpaired) electrons. The molecular weight excluding hydrogens is 476 g/mol. The second-order valence-corrected chi connectivity index (χ2v) is 10.8. The fourth-order valence-corrected chi connectivity index (χ4v) is 4.93. The average molecular weight is 497 g/mol. The number of hydrazone groups is 1. The Hall–Kier alpha value is -3.43. The van der Waals surface area contributed by atoms with Crippen LogP contribution in [-0.4, -0.2) is 40.9 Å². The molecule has 2 aromatic carbocycles. The zero-order chi connectivity index (χ0) is 23.9. The Kier molecular flexibility index (Phi) is 5.75. The van der Waals surface area contributed by atoms with Gasteiger partial charge in [0.1, 0.15) is 29.9 Å². The predicted molar refractivity (Wildman–Crippen MR) is 129 cm³/mol. The maximum absolute atomic E-state index is 13.6. The van der Waals surface area contributed by atoms with Gasteiger partial charge in [-0.25, -0.2) is 18.4 Å². The van der Waals surface area contributed by atoms with Gasteiger partial charge >= 0.3 is 0 Å². The SMILES string of the molecule is CS(=O)(=O)Cc1nc2ccccc2n1CC(=O)N1N=C(c2ccc(Cl)cc2)CC1c1ccco1. The van der Waals surface area contributed by atoms with Crippen LogP contribution in [0.4, 0.5) is 0 Å². The van der Waals surface area contributed by atoms with Crippen molar-refractivity contribution in [3.63, 3.8) is 0 Å². The molecule has 0 N–H and O–H groups in total. The molecule has 10 heteroatoms. The lowest BCUT2D eigenvalue weighted by Crippen LogP contribution is -2.31. The number of nitrogens with zero attached hydrogens (tertiary/aromatic N) is 4. The summed E-state index contributed by atoms with van der Waals surface area (Å²) in [5.41, 5.74) is 2.91. The molecule has 1 aliphatic heterocycles. The van der Waals surface area contributed by atoms with Gasteiger partial charge in [0.2, 0.25) is 0 Å². The van der Waals surface area contributed by atoms with Crippen LogP contribution in [-0.2, 0) is 26.9 Å². The number of hydrogen-bond donors (Lipinski definition) is 0. The smallest absolute Gasteiger partial charge is 0.263 e. The monoisotopic (exact) mass is 496 g/mol. The number of furan rings is 1. The minimum Gasteiger partial charge on any atom is -0.467 e. The highest BCUT2D eigenvalue weighted by molar-refractivity contribution is 7.89. The molecule has 1 unspecified atom stereocenters. The molecule has 1 aliphatic rings. The van der Waals surface area contributed by atoms with E-state index in [4.69, 9.17) is 16.0 Å².